The van der Waals surface area contributed by atoms with Gasteiger partial charge < -0.3 is 19.7 Å². The van der Waals surface area contributed by atoms with E-state index >= 15 is 0 Å². The molecule has 142 valence electrons. The maximum Gasteiger partial charge on any atom is 0.254 e. The predicted octanol–water partition coefficient (Wildman–Crippen LogP) is 4.48. The monoisotopic (exact) mass is 428 g/mol. The molecule has 27 heavy (non-hydrogen) atoms. The number of nitrogens with zero attached hydrogens (tertiary/aromatic N) is 1. The van der Waals surface area contributed by atoms with Gasteiger partial charge >= 0.3 is 0 Å². The number of nitrogens with one attached hydrogen (secondary N) is 1. The molecular formula is C18H15Cl3N2O4. The number of likely N-dealkylation sites (N-methyl/N-ethyl adjacent to an activating group) is 1. The van der Waals surface area contributed by atoms with Crippen LogP contribution in [0.25, 0.3) is 0 Å². The van der Waals surface area contributed by atoms with E-state index in [0.717, 1.165) is 0 Å². The summed E-state index contributed by atoms with van der Waals surface area (Å²) in [4.78, 5) is 26.5. The number of amides is 2. The zero-order chi connectivity index (χ0) is 19.6. The van der Waals surface area contributed by atoms with Crippen molar-refractivity contribution in [1.82, 2.24) is 4.90 Å². The Balaban J connectivity index is 1.74. The van der Waals surface area contributed by atoms with Crippen LogP contribution in [0, 0.1) is 0 Å². The van der Waals surface area contributed by atoms with Gasteiger partial charge in [0.1, 0.15) is 6.54 Å². The van der Waals surface area contributed by atoms with Gasteiger partial charge in [0.2, 0.25) is 12.7 Å². The van der Waals surface area contributed by atoms with Crippen LogP contribution in [-0.2, 0) is 4.79 Å². The van der Waals surface area contributed by atoms with E-state index in [1.54, 1.807) is 31.2 Å². The number of halogens is 3. The fourth-order valence-corrected chi connectivity index (χ4v) is 3.33. The molecule has 2 aromatic rings. The molecule has 0 unspecified atom stereocenters. The lowest BCUT2D eigenvalue weighted by Gasteiger charge is -2.21. The van der Waals surface area contributed by atoms with Gasteiger partial charge in [-0.25, -0.2) is 0 Å². The largest absolute Gasteiger partial charge is 0.454 e. The third kappa shape index (κ3) is 4.24. The molecule has 1 N–H and O–H groups in total. The fourth-order valence-electron chi connectivity index (χ4n) is 2.57. The van der Waals surface area contributed by atoms with Gasteiger partial charge in [-0.3, -0.25) is 9.59 Å². The van der Waals surface area contributed by atoms with E-state index in [4.69, 9.17) is 44.3 Å². The Bertz CT molecular complexity index is 884. The van der Waals surface area contributed by atoms with Crippen LogP contribution < -0.4 is 14.8 Å². The van der Waals surface area contributed by atoms with Gasteiger partial charge in [0.15, 0.2) is 11.5 Å². The number of para-hydroxylation sites is 1. The molecule has 0 radical (unpaired) electrons. The Morgan fingerprint density at radius 2 is 1.81 bits per heavy atom. The van der Waals surface area contributed by atoms with Gasteiger partial charge in [-0.2, -0.15) is 0 Å². The Hall–Kier alpha value is -2.15. The molecule has 0 bridgehead atoms. The lowest BCUT2D eigenvalue weighted by atomic mass is 10.1. The van der Waals surface area contributed by atoms with E-state index in [2.05, 4.69) is 5.32 Å². The number of ether oxygens (including phenoxy) is 2. The first-order valence-corrected chi connectivity index (χ1v) is 9.16. The molecule has 0 aromatic heterocycles. The van der Waals surface area contributed by atoms with Crippen LogP contribution in [-0.4, -0.2) is 36.6 Å². The Morgan fingerprint density at radius 3 is 2.48 bits per heavy atom. The van der Waals surface area contributed by atoms with Crippen molar-refractivity contribution in [2.75, 3.05) is 25.2 Å². The lowest BCUT2D eigenvalue weighted by molar-refractivity contribution is -0.116. The van der Waals surface area contributed by atoms with Crippen molar-refractivity contribution in [2.24, 2.45) is 0 Å². The fraction of sp³-hybridized carbons (Fsp3) is 0.222. The van der Waals surface area contributed by atoms with Crippen LogP contribution in [0.1, 0.15) is 17.3 Å². The molecule has 2 amide bonds. The normalized spacial score (nSPS) is 12.0. The van der Waals surface area contributed by atoms with E-state index in [1.165, 1.54) is 11.0 Å². The number of anilines is 1. The average molecular weight is 430 g/mol. The Kier molecular flexibility index (Phi) is 5.99. The molecular weight excluding hydrogens is 415 g/mol. The maximum absolute atomic E-state index is 12.8. The van der Waals surface area contributed by atoms with Gasteiger partial charge in [-0.1, -0.05) is 40.9 Å². The van der Waals surface area contributed by atoms with Crippen molar-refractivity contribution >= 4 is 52.3 Å². The minimum Gasteiger partial charge on any atom is -0.454 e. The molecule has 0 spiro atoms. The van der Waals surface area contributed by atoms with Crippen LogP contribution >= 0.6 is 34.8 Å². The SMILES string of the molecule is CCN(CC(=O)Nc1c(Cl)cccc1Cl)C(=O)c1cc(Cl)c2c(c1)OCO2. The average Bonchev–Trinajstić information content (AvgIpc) is 3.11. The zero-order valence-electron chi connectivity index (χ0n) is 14.2. The van der Waals surface area contributed by atoms with Crippen LogP contribution in [0.2, 0.25) is 15.1 Å². The van der Waals surface area contributed by atoms with Gasteiger partial charge in [-0.05, 0) is 31.2 Å². The highest BCUT2D eigenvalue weighted by Gasteiger charge is 2.24. The third-order valence-corrected chi connectivity index (χ3v) is 4.82. The van der Waals surface area contributed by atoms with Gasteiger partial charge in [0, 0.05) is 12.1 Å². The summed E-state index contributed by atoms with van der Waals surface area (Å²) in [5.41, 5.74) is 0.607. The summed E-state index contributed by atoms with van der Waals surface area (Å²) < 4.78 is 10.5. The number of rotatable bonds is 5. The summed E-state index contributed by atoms with van der Waals surface area (Å²) in [6.07, 6.45) is 0. The maximum atomic E-state index is 12.8. The highest BCUT2D eigenvalue weighted by molar-refractivity contribution is 6.39. The summed E-state index contributed by atoms with van der Waals surface area (Å²) in [5, 5.41) is 3.54. The molecule has 0 saturated carbocycles. The molecule has 3 rings (SSSR count). The van der Waals surface area contributed by atoms with Gasteiger partial charge in [0.05, 0.1) is 20.8 Å². The molecule has 1 aliphatic rings. The number of benzene rings is 2. The summed E-state index contributed by atoms with van der Waals surface area (Å²) >= 11 is 18.2. The first-order chi connectivity index (χ1) is 12.9. The standard InChI is InChI=1S/C18H15Cl3N2O4/c1-2-23(8-15(24)22-16-11(19)4-3-5-12(16)20)18(25)10-6-13(21)17-14(7-10)26-9-27-17/h3-7H,2,8-9H2,1H3,(H,22,24). The van der Waals surface area contributed by atoms with Gasteiger partial charge in [0.25, 0.3) is 5.91 Å². The first-order valence-electron chi connectivity index (χ1n) is 8.03. The minimum absolute atomic E-state index is 0.0468. The second kappa shape index (κ2) is 8.25. The second-order valence-electron chi connectivity index (χ2n) is 5.66. The molecule has 1 aliphatic heterocycles. The molecule has 2 aromatic carbocycles. The number of carbonyl (C=O) groups excluding carboxylic acids is 2. The Morgan fingerprint density at radius 1 is 1.11 bits per heavy atom. The Labute approximate surface area is 170 Å². The minimum atomic E-state index is -0.424. The molecule has 1 heterocycles. The van der Waals surface area contributed by atoms with E-state index in [0.29, 0.717) is 39.3 Å². The van der Waals surface area contributed by atoms with Crippen LogP contribution in [0.4, 0.5) is 5.69 Å². The van der Waals surface area contributed by atoms with Crippen LogP contribution in [0.15, 0.2) is 30.3 Å². The van der Waals surface area contributed by atoms with Crippen molar-refractivity contribution in [3.8, 4) is 11.5 Å². The van der Waals surface area contributed by atoms with Crippen LogP contribution in [0.3, 0.4) is 0 Å². The molecule has 0 aliphatic carbocycles. The predicted molar refractivity (Wildman–Crippen MR) is 104 cm³/mol. The van der Waals surface area contributed by atoms with E-state index in [9.17, 15) is 9.59 Å². The number of hydrogen-bond donors (Lipinski definition) is 1. The quantitative estimate of drug-likeness (QED) is 0.761. The summed E-state index contributed by atoms with van der Waals surface area (Å²) in [5.74, 6) is 0.0155. The number of hydrogen-bond acceptors (Lipinski definition) is 4. The van der Waals surface area contributed by atoms with Crippen molar-refractivity contribution in [3.05, 3.63) is 51.0 Å². The molecule has 0 saturated heterocycles. The summed E-state index contributed by atoms with van der Waals surface area (Å²) in [7, 11) is 0. The van der Waals surface area contributed by atoms with E-state index in [-0.39, 0.29) is 24.3 Å². The molecule has 0 atom stereocenters. The van der Waals surface area contributed by atoms with Gasteiger partial charge in [-0.15, -0.1) is 0 Å². The van der Waals surface area contributed by atoms with Crippen molar-refractivity contribution in [1.29, 1.82) is 0 Å². The van der Waals surface area contributed by atoms with Crippen molar-refractivity contribution in [3.63, 3.8) is 0 Å². The highest BCUT2D eigenvalue weighted by atomic mass is 35.5. The molecule has 9 heteroatoms. The van der Waals surface area contributed by atoms with Crippen LogP contribution in [0.5, 0.6) is 11.5 Å². The third-order valence-electron chi connectivity index (χ3n) is 3.90. The molecule has 6 nitrogen and oxygen atoms in total. The topological polar surface area (TPSA) is 67.9 Å². The summed E-state index contributed by atoms with van der Waals surface area (Å²) in [6, 6.07) is 7.93. The smallest absolute Gasteiger partial charge is 0.254 e. The second-order valence-corrected chi connectivity index (χ2v) is 6.88. The van der Waals surface area contributed by atoms with E-state index in [1.807, 2.05) is 0 Å². The van der Waals surface area contributed by atoms with Crippen molar-refractivity contribution in [2.45, 2.75) is 6.92 Å². The number of carbonyl (C=O) groups is 2. The lowest BCUT2D eigenvalue weighted by Crippen LogP contribution is -2.38. The first kappa shape index (κ1) is 19.6. The highest BCUT2D eigenvalue weighted by Crippen LogP contribution is 2.40. The zero-order valence-corrected chi connectivity index (χ0v) is 16.5. The van der Waals surface area contributed by atoms with E-state index < -0.39 is 5.91 Å². The molecule has 0 fully saturated rings. The summed E-state index contributed by atoms with van der Waals surface area (Å²) in [6.45, 7) is 1.95. The number of fused-ring (bicyclic) bond motifs is 1. The van der Waals surface area contributed by atoms with Crippen molar-refractivity contribution < 1.29 is 19.1 Å².